The third kappa shape index (κ3) is 6.35. The van der Waals surface area contributed by atoms with Crippen LogP contribution < -0.4 is 0 Å². The van der Waals surface area contributed by atoms with Crippen LogP contribution in [0.1, 0.15) is 10.4 Å². The Morgan fingerprint density at radius 2 is 2.00 bits per heavy atom. The molecule has 2 heterocycles. The maximum absolute atomic E-state index is 11.4. The van der Waals surface area contributed by atoms with E-state index in [9.17, 15) is 4.79 Å². The zero-order valence-electron chi connectivity index (χ0n) is 13.9. The van der Waals surface area contributed by atoms with Crippen molar-refractivity contribution in [1.29, 1.82) is 0 Å². The number of ether oxygens (including phenoxy) is 1. The second-order valence-corrected chi connectivity index (χ2v) is 7.96. The van der Waals surface area contributed by atoms with Crippen molar-refractivity contribution >= 4 is 39.3 Å². The Morgan fingerprint density at radius 1 is 1.35 bits per heavy atom. The summed E-state index contributed by atoms with van der Waals surface area (Å²) in [4.78, 5) is 16.1. The van der Waals surface area contributed by atoms with Crippen LogP contribution in [0.25, 0.3) is 10.4 Å². The molecule has 26 heavy (non-hydrogen) atoms. The van der Waals surface area contributed by atoms with Crippen LogP contribution in [0.3, 0.4) is 0 Å². The van der Waals surface area contributed by atoms with Gasteiger partial charge in [-0.2, -0.15) is 8.42 Å². The van der Waals surface area contributed by atoms with Crippen LogP contribution in [-0.4, -0.2) is 48.6 Å². The van der Waals surface area contributed by atoms with Gasteiger partial charge in [-0.25, -0.2) is 0 Å². The predicted octanol–water partition coefficient (Wildman–Crippen LogP) is 2.95. The largest absolute Gasteiger partial charge is 0.468 e. The number of esters is 1. The number of carbonyl (C=O) groups is 1. The van der Waals surface area contributed by atoms with E-state index in [1.165, 1.54) is 22.4 Å². The number of thiophene rings is 1. The monoisotopic (exact) mass is 419 g/mol. The van der Waals surface area contributed by atoms with Crippen molar-refractivity contribution in [1.82, 2.24) is 4.90 Å². The fourth-order valence-corrected chi connectivity index (χ4v) is 4.06. The summed E-state index contributed by atoms with van der Waals surface area (Å²) < 4.78 is 36.3. The first kappa shape index (κ1) is 20.8. The molecule has 142 valence electrons. The molecule has 3 rings (SSSR count). The summed E-state index contributed by atoms with van der Waals surface area (Å²) in [5.74, 6) is -0.181. The molecule has 2 N–H and O–H groups in total. The maximum atomic E-state index is 11.4. The zero-order chi connectivity index (χ0) is 19.3. The molecule has 0 atom stereocenters. The molecule has 0 unspecified atom stereocenters. The van der Waals surface area contributed by atoms with E-state index in [-0.39, 0.29) is 5.97 Å². The number of carbonyl (C=O) groups excluding carboxylic acids is 1. The molecule has 7 nitrogen and oxygen atoms in total. The number of hydrogen-bond donors (Lipinski definition) is 2. The van der Waals surface area contributed by atoms with Crippen LogP contribution in [0.4, 0.5) is 0 Å². The molecule has 2 aromatic rings. The third-order valence-electron chi connectivity index (χ3n) is 3.67. The third-order valence-corrected chi connectivity index (χ3v) is 5.27. The lowest BCUT2D eigenvalue weighted by molar-refractivity contribution is -0.142. The molecule has 1 aliphatic rings. The minimum atomic E-state index is -4.67. The molecule has 10 heteroatoms. The number of hydrogen-bond acceptors (Lipinski definition) is 6. The Labute approximate surface area is 160 Å². The highest BCUT2D eigenvalue weighted by molar-refractivity contribution is 7.79. The van der Waals surface area contributed by atoms with Gasteiger partial charge in [0.1, 0.15) is 0 Å². The molecule has 0 bridgehead atoms. The fourth-order valence-electron chi connectivity index (χ4n) is 2.57. The molecular formula is C16H18ClNO6S2. The van der Waals surface area contributed by atoms with Gasteiger partial charge in [-0.05, 0) is 24.1 Å². The average molecular weight is 420 g/mol. The fraction of sp³-hybridized carbons (Fsp3) is 0.312. The van der Waals surface area contributed by atoms with Crippen LogP contribution in [0.15, 0.2) is 30.3 Å². The number of halogens is 1. The summed E-state index contributed by atoms with van der Waals surface area (Å²) in [6.45, 7) is 2.04. The number of methoxy groups -OCH3 is 1. The van der Waals surface area contributed by atoms with Crippen LogP contribution in [0.5, 0.6) is 0 Å². The van der Waals surface area contributed by atoms with Gasteiger partial charge in [0.15, 0.2) is 0 Å². The van der Waals surface area contributed by atoms with Gasteiger partial charge in [-0.15, -0.1) is 11.3 Å². The lowest BCUT2D eigenvalue weighted by atomic mass is 10.1. The molecule has 1 aliphatic heterocycles. The maximum Gasteiger partial charge on any atom is 0.394 e. The molecular weight excluding hydrogens is 402 g/mol. The van der Waals surface area contributed by atoms with Crippen molar-refractivity contribution in [3.8, 4) is 10.4 Å². The van der Waals surface area contributed by atoms with Gasteiger partial charge in [0, 0.05) is 33.4 Å². The first-order valence-electron chi connectivity index (χ1n) is 7.53. The van der Waals surface area contributed by atoms with Gasteiger partial charge < -0.3 is 4.74 Å². The van der Waals surface area contributed by atoms with E-state index in [2.05, 4.69) is 11.0 Å². The van der Waals surface area contributed by atoms with Crippen molar-refractivity contribution in [2.24, 2.45) is 0 Å². The Hall–Kier alpha value is -1.49. The Balaban J connectivity index is 0.000000431. The van der Waals surface area contributed by atoms with E-state index in [1.54, 1.807) is 11.3 Å². The molecule has 1 aromatic heterocycles. The lowest BCUT2D eigenvalue weighted by Crippen LogP contribution is -2.34. The van der Waals surface area contributed by atoms with Crippen molar-refractivity contribution in [3.05, 3.63) is 45.8 Å². The molecule has 0 spiro atoms. The highest BCUT2D eigenvalue weighted by atomic mass is 35.5. The van der Waals surface area contributed by atoms with E-state index in [4.69, 9.17) is 33.9 Å². The van der Waals surface area contributed by atoms with Gasteiger partial charge >= 0.3 is 16.4 Å². The van der Waals surface area contributed by atoms with E-state index in [0.29, 0.717) is 6.54 Å². The standard InChI is InChI=1S/C16H16ClNO2S.H2O4S/c1-20-16(19)10-18-7-6-14-11(9-18)8-15(21-14)12-4-2-3-5-13(12)17;1-5(2,3)4/h2-5,8H,6-7,9-10H2,1H3;(H2,1,2,3,4). The van der Waals surface area contributed by atoms with Gasteiger partial charge in [0.2, 0.25) is 0 Å². The molecule has 0 saturated carbocycles. The summed E-state index contributed by atoms with van der Waals surface area (Å²) >= 11 is 8.08. The Morgan fingerprint density at radius 3 is 2.62 bits per heavy atom. The first-order valence-corrected chi connectivity index (χ1v) is 10.1. The van der Waals surface area contributed by atoms with E-state index < -0.39 is 10.4 Å². The normalized spacial score (nSPS) is 14.2. The number of rotatable bonds is 3. The number of benzene rings is 1. The second-order valence-electron chi connectivity index (χ2n) is 5.52. The Bertz CT molecular complexity index is 873. The highest BCUT2D eigenvalue weighted by Gasteiger charge is 2.21. The van der Waals surface area contributed by atoms with Crippen molar-refractivity contribution < 1.29 is 27.1 Å². The summed E-state index contributed by atoms with van der Waals surface area (Å²) in [5.41, 5.74) is 2.38. The van der Waals surface area contributed by atoms with Gasteiger partial charge in [0.25, 0.3) is 0 Å². The number of fused-ring (bicyclic) bond motifs is 1. The molecule has 0 saturated heterocycles. The second kappa shape index (κ2) is 8.94. The molecule has 0 amide bonds. The Kier molecular flexibility index (Phi) is 7.16. The SMILES string of the molecule is COC(=O)CN1CCc2sc(-c3ccccc3Cl)cc2C1.O=S(=O)(O)O. The predicted molar refractivity (Wildman–Crippen MR) is 99.9 cm³/mol. The summed E-state index contributed by atoms with van der Waals surface area (Å²) in [5, 5.41) is 0.780. The van der Waals surface area contributed by atoms with E-state index >= 15 is 0 Å². The number of nitrogens with zero attached hydrogens (tertiary/aromatic N) is 1. The quantitative estimate of drug-likeness (QED) is 0.582. The molecule has 1 aromatic carbocycles. The molecule has 0 radical (unpaired) electrons. The van der Waals surface area contributed by atoms with E-state index in [1.807, 2.05) is 24.3 Å². The summed E-state index contributed by atoms with van der Waals surface area (Å²) in [7, 11) is -3.24. The van der Waals surface area contributed by atoms with Crippen LogP contribution in [0, 0.1) is 0 Å². The van der Waals surface area contributed by atoms with Gasteiger partial charge in [-0.3, -0.25) is 18.8 Å². The van der Waals surface area contributed by atoms with E-state index in [0.717, 1.165) is 30.1 Å². The zero-order valence-corrected chi connectivity index (χ0v) is 16.3. The van der Waals surface area contributed by atoms with Crippen LogP contribution >= 0.6 is 22.9 Å². The van der Waals surface area contributed by atoms with Crippen molar-refractivity contribution in [2.75, 3.05) is 20.2 Å². The minimum Gasteiger partial charge on any atom is -0.468 e. The van der Waals surface area contributed by atoms with Crippen LogP contribution in [-0.2, 0) is 32.9 Å². The van der Waals surface area contributed by atoms with Crippen molar-refractivity contribution in [2.45, 2.75) is 13.0 Å². The summed E-state index contributed by atoms with van der Waals surface area (Å²) in [6, 6.07) is 10.1. The lowest BCUT2D eigenvalue weighted by Gasteiger charge is -2.25. The summed E-state index contributed by atoms with van der Waals surface area (Å²) in [6.07, 6.45) is 0.974. The van der Waals surface area contributed by atoms with Crippen molar-refractivity contribution in [3.63, 3.8) is 0 Å². The highest BCUT2D eigenvalue weighted by Crippen LogP contribution is 2.37. The van der Waals surface area contributed by atoms with Gasteiger partial charge in [0.05, 0.1) is 13.7 Å². The topological polar surface area (TPSA) is 104 Å². The molecule has 0 aliphatic carbocycles. The van der Waals surface area contributed by atoms with Gasteiger partial charge in [-0.1, -0.05) is 29.8 Å². The average Bonchev–Trinajstić information content (AvgIpc) is 2.96. The molecule has 0 fully saturated rings. The first-order chi connectivity index (χ1) is 12.2. The smallest absolute Gasteiger partial charge is 0.394 e. The minimum absolute atomic E-state index is 0.181. The van der Waals surface area contributed by atoms with Crippen LogP contribution in [0.2, 0.25) is 5.02 Å².